The molecule has 0 aromatic heterocycles. The van der Waals surface area contributed by atoms with E-state index in [1.807, 2.05) is 25.1 Å². The first-order valence-corrected chi connectivity index (χ1v) is 6.12. The lowest BCUT2D eigenvalue weighted by Gasteiger charge is -2.07. The van der Waals surface area contributed by atoms with Gasteiger partial charge in [-0.3, -0.25) is 0 Å². The largest absolute Gasteiger partial charge is 0.393 e. The zero-order valence-corrected chi connectivity index (χ0v) is 10.1. The first-order valence-electron chi connectivity index (χ1n) is 6.12. The standard InChI is InChI=1S/C14H22O2/c1-2-14(15)10-6-7-11-16-12-13-8-4-3-5-9-13/h3-5,8-9,14-15H,2,6-7,10-12H2,1H3. The number of aliphatic hydroxyl groups is 1. The Kier molecular flexibility index (Phi) is 6.86. The van der Waals surface area contributed by atoms with Gasteiger partial charge in [0, 0.05) is 6.61 Å². The molecule has 0 aliphatic carbocycles. The lowest BCUT2D eigenvalue weighted by atomic mass is 10.1. The summed E-state index contributed by atoms with van der Waals surface area (Å²) in [7, 11) is 0. The summed E-state index contributed by atoms with van der Waals surface area (Å²) in [5.74, 6) is 0. The number of aliphatic hydroxyl groups excluding tert-OH is 1. The highest BCUT2D eigenvalue weighted by molar-refractivity contribution is 5.13. The molecule has 90 valence electrons. The van der Waals surface area contributed by atoms with Crippen LogP contribution in [-0.2, 0) is 11.3 Å². The highest BCUT2D eigenvalue weighted by atomic mass is 16.5. The predicted molar refractivity (Wildman–Crippen MR) is 66.2 cm³/mol. The second kappa shape index (κ2) is 8.31. The smallest absolute Gasteiger partial charge is 0.0716 e. The predicted octanol–water partition coefficient (Wildman–Crippen LogP) is 3.14. The van der Waals surface area contributed by atoms with Gasteiger partial charge < -0.3 is 9.84 Å². The van der Waals surface area contributed by atoms with Gasteiger partial charge in [0.2, 0.25) is 0 Å². The summed E-state index contributed by atoms with van der Waals surface area (Å²) >= 11 is 0. The zero-order chi connectivity index (χ0) is 11.6. The van der Waals surface area contributed by atoms with Crippen molar-refractivity contribution in [3.8, 4) is 0 Å². The SMILES string of the molecule is CCC(O)CCCCOCc1ccccc1. The van der Waals surface area contributed by atoms with Crippen molar-refractivity contribution in [1.29, 1.82) is 0 Å². The zero-order valence-electron chi connectivity index (χ0n) is 10.1. The van der Waals surface area contributed by atoms with E-state index in [-0.39, 0.29) is 6.10 Å². The molecule has 0 heterocycles. The summed E-state index contributed by atoms with van der Waals surface area (Å²) in [4.78, 5) is 0. The highest BCUT2D eigenvalue weighted by Crippen LogP contribution is 2.05. The molecule has 2 heteroatoms. The maximum absolute atomic E-state index is 9.35. The van der Waals surface area contributed by atoms with Crippen molar-refractivity contribution in [3.05, 3.63) is 35.9 Å². The van der Waals surface area contributed by atoms with Crippen LogP contribution in [-0.4, -0.2) is 17.8 Å². The molecule has 0 radical (unpaired) electrons. The van der Waals surface area contributed by atoms with Crippen molar-refractivity contribution >= 4 is 0 Å². The minimum Gasteiger partial charge on any atom is -0.393 e. The third kappa shape index (κ3) is 5.89. The van der Waals surface area contributed by atoms with Crippen LogP contribution in [0.4, 0.5) is 0 Å². The van der Waals surface area contributed by atoms with Gasteiger partial charge in [-0.15, -0.1) is 0 Å². The third-order valence-electron chi connectivity index (χ3n) is 2.66. The maximum atomic E-state index is 9.35. The Hall–Kier alpha value is -0.860. The summed E-state index contributed by atoms with van der Waals surface area (Å²) in [5, 5.41) is 9.35. The van der Waals surface area contributed by atoms with Crippen molar-refractivity contribution in [2.24, 2.45) is 0 Å². The molecule has 0 spiro atoms. The fourth-order valence-corrected chi connectivity index (χ4v) is 1.55. The van der Waals surface area contributed by atoms with Gasteiger partial charge in [-0.25, -0.2) is 0 Å². The number of unbranched alkanes of at least 4 members (excludes halogenated alkanes) is 1. The summed E-state index contributed by atoms with van der Waals surface area (Å²) in [6.07, 6.45) is 3.69. The van der Waals surface area contributed by atoms with Crippen molar-refractivity contribution in [2.45, 2.75) is 45.3 Å². The van der Waals surface area contributed by atoms with E-state index in [1.54, 1.807) is 0 Å². The molecule has 1 unspecified atom stereocenters. The van der Waals surface area contributed by atoms with E-state index in [0.717, 1.165) is 32.3 Å². The van der Waals surface area contributed by atoms with Crippen molar-refractivity contribution < 1.29 is 9.84 Å². The number of hydrogen-bond donors (Lipinski definition) is 1. The molecule has 0 bridgehead atoms. The summed E-state index contributed by atoms with van der Waals surface area (Å²) in [6.45, 7) is 3.49. The van der Waals surface area contributed by atoms with Gasteiger partial charge in [-0.1, -0.05) is 37.3 Å². The quantitative estimate of drug-likeness (QED) is 0.685. The first kappa shape index (κ1) is 13.2. The van der Waals surface area contributed by atoms with Crippen molar-refractivity contribution in [3.63, 3.8) is 0 Å². The Morgan fingerprint density at radius 3 is 2.62 bits per heavy atom. The van der Waals surface area contributed by atoms with Crippen molar-refractivity contribution in [2.75, 3.05) is 6.61 Å². The second-order valence-corrected chi connectivity index (χ2v) is 4.10. The average Bonchev–Trinajstić information content (AvgIpc) is 2.34. The van der Waals surface area contributed by atoms with Gasteiger partial charge in [-0.2, -0.15) is 0 Å². The van der Waals surface area contributed by atoms with Crippen LogP contribution in [0.15, 0.2) is 30.3 Å². The molecule has 1 rings (SSSR count). The van der Waals surface area contributed by atoms with Crippen LogP contribution in [0.3, 0.4) is 0 Å². The van der Waals surface area contributed by atoms with Gasteiger partial charge in [-0.05, 0) is 31.2 Å². The molecule has 1 N–H and O–H groups in total. The Morgan fingerprint density at radius 1 is 1.19 bits per heavy atom. The molecule has 0 saturated heterocycles. The molecule has 0 amide bonds. The average molecular weight is 222 g/mol. The van der Waals surface area contributed by atoms with Crippen LogP contribution in [0, 0.1) is 0 Å². The summed E-state index contributed by atoms with van der Waals surface area (Å²) < 4.78 is 5.55. The van der Waals surface area contributed by atoms with E-state index in [1.165, 1.54) is 5.56 Å². The monoisotopic (exact) mass is 222 g/mol. The molecule has 16 heavy (non-hydrogen) atoms. The Morgan fingerprint density at radius 2 is 1.94 bits per heavy atom. The number of benzene rings is 1. The molecule has 0 fully saturated rings. The molecule has 0 saturated carbocycles. The second-order valence-electron chi connectivity index (χ2n) is 4.10. The van der Waals surface area contributed by atoms with Crippen LogP contribution in [0.25, 0.3) is 0 Å². The number of rotatable bonds is 8. The number of ether oxygens (including phenoxy) is 1. The van der Waals surface area contributed by atoms with Gasteiger partial charge >= 0.3 is 0 Å². The molecule has 1 atom stereocenters. The third-order valence-corrected chi connectivity index (χ3v) is 2.66. The molecule has 1 aromatic rings. The Balaban J connectivity index is 1.96. The summed E-state index contributed by atoms with van der Waals surface area (Å²) in [6, 6.07) is 10.2. The summed E-state index contributed by atoms with van der Waals surface area (Å²) in [5.41, 5.74) is 1.22. The highest BCUT2D eigenvalue weighted by Gasteiger charge is 1.99. The lowest BCUT2D eigenvalue weighted by molar-refractivity contribution is 0.109. The molecular formula is C14H22O2. The minimum absolute atomic E-state index is 0.130. The van der Waals surface area contributed by atoms with Crippen LogP contribution in [0.1, 0.15) is 38.2 Å². The van der Waals surface area contributed by atoms with Gasteiger partial charge in [0.15, 0.2) is 0 Å². The molecule has 2 nitrogen and oxygen atoms in total. The van der Waals surface area contributed by atoms with Crippen LogP contribution in [0.5, 0.6) is 0 Å². The number of hydrogen-bond acceptors (Lipinski definition) is 2. The van der Waals surface area contributed by atoms with E-state index >= 15 is 0 Å². The topological polar surface area (TPSA) is 29.5 Å². The molecule has 0 aliphatic heterocycles. The van der Waals surface area contributed by atoms with Crippen LogP contribution in [0.2, 0.25) is 0 Å². The van der Waals surface area contributed by atoms with Crippen LogP contribution >= 0.6 is 0 Å². The fourth-order valence-electron chi connectivity index (χ4n) is 1.55. The lowest BCUT2D eigenvalue weighted by Crippen LogP contribution is -2.04. The van der Waals surface area contributed by atoms with Crippen LogP contribution < -0.4 is 0 Å². The van der Waals surface area contributed by atoms with Gasteiger partial charge in [0.25, 0.3) is 0 Å². The van der Waals surface area contributed by atoms with E-state index in [4.69, 9.17) is 4.74 Å². The normalized spacial score (nSPS) is 12.6. The Bertz CT molecular complexity index is 259. The fraction of sp³-hybridized carbons (Fsp3) is 0.571. The van der Waals surface area contributed by atoms with Gasteiger partial charge in [0.1, 0.15) is 0 Å². The Labute approximate surface area is 98.3 Å². The van der Waals surface area contributed by atoms with E-state index < -0.39 is 0 Å². The first-order chi connectivity index (χ1) is 7.83. The van der Waals surface area contributed by atoms with E-state index in [9.17, 15) is 5.11 Å². The minimum atomic E-state index is -0.130. The van der Waals surface area contributed by atoms with E-state index in [2.05, 4.69) is 12.1 Å². The molecular weight excluding hydrogens is 200 g/mol. The van der Waals surface area contributed by atoms with Crippen molar-refractivity contribution in [1.82, 2.24) is 0 Å². The molecule has 0 aliphatic rings. The van der Waals surface area contributed by atoms with E-state index in [0.29, 0.717) is 6.61 Å². The molecule has 1 aromatic carbocycles. The maximum Gasteiger partial charge on any atom is 0.0716 e. The van der Waals surface area contributed by atoms with Gasteiger partial charge in [0.05, 0.1) is 12.7 Å².